The van der Waals surface area contributed by atoms with Crippen LogP contribution in [0.5, 0.6) is 0 Å². The van der Waals surface area contributed by atoms with Gasteiger partial charge in [-0.15, -0.1) is 0 Å². The maximum Gasteiger partial charge on any atom is 0.164 e. The lowest BCUT2D eigenvalue weighted by atomic mass is 9.54. The summed E-state index contributed by atoms with van der Waals surface area (Å²) < 4.78 is 0. The third kappa shape index (κ3) is 7.40. The van der Waals surface area contributed by atoms with E-state index in [1.807, 2.05) is 24.3 Å². The van der Waals surface area contributed by atoms with Gasteiger partial charge in [0.2, 0.25) is 0 Å². The van der Waals surface area contributed by atoms with Crippen LogP contribution >= 0.6 is 0 Å². The Morgan fingerprint density at radius 3 is 1.28 bits per heavy atom. The molecule has 4 saturated carbocycles. The number of hydrogen-bond acceptors (Lipinski definition) is 4. The molecule has 10 rings (SSSR count). The fourth-order valence-electron chi connectivity index (χ4n) is 13.3. The minimum absolute atomic E-state index is 0.268. The predicted octanol–water partition coefficient (Wildman–Crippen LogP) is 14.3. The highest BCUT2D eigenvalue weighted by Crippen LogP contribution is 2.55. The van der Waals surface area contributed by atoms with Gasteiger partial charge in [0.15, 0.2) is 17.5 Å². The topological polar surface area (TPSA) is 62.5 Å². The van der Waals surface area contributed by atoms with Crippen LogP contribution in [0.1, 0.15) is 109 Å². The Bertz CT molecular complexity index is 2390. The van der Waals surface area contributed by atoms with Crippen molar-refractivity contribution < 1.29 is 0 Å². The molecular formula is C56H58N4. The van der Waals surface area contributed by atoms with E-state index in [4.69, 9.17) is 15.0 Å². The van der Waals surface area contributed by atoms with Gasteiger partial charge in [0.05, 0.1) is 11.6 Å². The van der Waals surface area contributed by atoms with E-state index in [1.165, 1.54) is 75.3 Å². The Balaban J connectivity index is 1.07. The van der Waals surface area contributed by atoms with Crippen molar-refractivity contribution >= 4 is 0 Å². The lowest BCUT2D eigenvalue weighted by Crippen LogP contribution is -2.42. The molecule has 0 saturated heterocycles. The van der Waals surface area contributed by atoms with Crippen LogP contribution in [0.25, 0.3) is 56.4 Å². The van der Waals surface area contributed by atoms with Gasteiger partial charge >= 0.3 is 0 Å². The fraction of sp³-hybridized carbons (Fsp3) is 0.393. The van der Waals surface area contributed by atoms with E-state index in [-0.39, 0.29) is 10.8 Å². The molecule has 5 aromatic carbocycles. The van der Waals surface area contributed by atoms with Crippen LogP contribution in [-0.4, -0.2) is 15.0 Å². The van der Waals surface area contributed by atoms with Gasteiger partial charge in [0.1, 0.15) is 0 Å². The lowest BCUT2D eigenvalue weighted by Gasteiger charge is -2.50. The van der Waals surface area contributed by atoms with E-state index >= 15 is 0 Å². The monoisotopic (exact) mass is 786 g/mol. The molecule has 0 amide bonds. The maximum atomic E-state index is 9.57. The van der Waals surface area contributed by atoms with Crippen LogP contribution in [0.4, 0.5) is 0 Å². The van der Waals surface area contributed by atoms with E-state index in [0.29, 0.717) is 23.0 Å². The molecule has 4 heteroatoms. The highest BCUT2D eigenvalue weighted by Gasteiger charge is 2.46. The first-order valence-corrected chi connectivity index (χ1v) is 22.8. The minimum Gasteiger partial charge on any atom is -0.208 e. The molecule has 6 aromatic rings. The second-order valence-corrected chi connectivity index (χ2v) is 20.2. The molecule has 1 aromatic heterocycles. The van der Waals surface area contributed by atoms with Crippen LogP contribution in [0.3, 0.4) is 0 Å². The van der Waals surface area contributed by atoms with Gasteiger partial charge in [-0.05, 0) is 162 Å². The summed E-state index contributed by atoms with van der Waals surface area (Å²) in [6, 6.07) is 45.9. The Morgan fingerprint density at radius 2 is 0.833 bits per heavy atom. The third-order valence-electron chi connectivity index (χ3n) is 15.1. The molecule has 0 spiro atoms. The van der Waals surface area contributed by atoms with Crippen molar-refractivity contribution in [1.29, 1.82) is 5.26 Å². The average Bonchev–Trinajstić information content (AvgIpc) is 3.25. The van der Waals surface area contributed by atoms with Gasteiger partial charge in [0.25, 0.3) is 0 Å². The van der Waals surface area contributed by atoms with Gasteiger partial charge in [-0.1, -0.05) is 131 Å². The summed E-state index contributed by atoms with van der Waals surface area (Å²) in [7, 11) is 0. The molecule has 0 aliphatic heterocycles. The number of nitrogens with zero attached hydrogens (tertiary/aromatic N) is 4. The highest BCUT2D eigenvalue weighted by molar-refractivity contribution is 5.87. The molecule has 0 radical (unpaired) electrons. The van der Waals surface area contributed by atoms with Gasteiger partial charge in [-0.2, -0.15) is 5.26 Å². The van der Waals surface area contributed by atoms with E-state index in [0.717, 1.165) is 74.5 Å². The summed E-state index contributed by atoms with van der Waals surface area (Å²) in [6.45, 7) is 9.86. The van der Waals surface area contributed by atoms with E-state index in [1.54, 1.807) is 0 Å². The van der Waals surface area contributed by atoms with Crippen molar-refractivity contribution in [3.8, 4) is 62.5 Å². The highest BCUT2D eigenvalue weighted by atomic mass is 15.0. The maximum absolute atomic E-state index is 9.57. The zero-order valence-corrected chi connectivity index (χ0v) is 35.9. The normalized spacial score (nSPS) is 28.4. The molecule has 302 valence electrons. The molecular weight excluding hydrogens is 729 g/mol. The van der Waals surface area contributed by atoms with E-state index in [2.05, 4.69) is 131 Å². The zero-order valence-electron chi connectivity index (χ0n) is 35.9. The fourth-order valence-corrected chi connectivity index (χ4v) is 13.3. The Hall–Kier alpha value is -5.40. The van der Waals surface area contributed by atoms with Crippen molar-refractivity contribution in [3.05, 3.63) is 138 Å². The number of rotatable bonds is 7. The van der Waals surface area contributed by atoms with Crippen molar-refractivity contribution in [2.75, 3.05) is 0 Å². The number of hydrogen-bond donors (Lipinski definition) is 0. The molecule has 4 bridgehead atoms. The van der Waals surface area contributed by atoms with Crippen molar-refractivity contribution in [2.45, 2.75) is 103 Å². The smallest absolute Gasteiger partial charge is 0.164 e. The SMILES string of the molecule is C[C@@H]1CC2C[C@H](C)CC(c3ccc(-c4nc(-c5ccc(C67CC(C[C@@H](C)C6)C[C@H](C)C7)cc5)nc(-c5ccc(-c6ccccc6)c(-c6ccc(C#N)cc6)c5)n4)cc3)(C2)C1. The summed E-state index contributed by atoms with van der Waals surface area (Å²) in [4.78, 5) is 15.8. The second-order valence-electron chi connectivity index (χ2n) is 20.2. The van der Waals surface area contributed by atoms with Crippen LogP contribution in [0.15, 0.2) is 121 Å². The summed E-state index contributed by atoms with van der Waals surface area (Å²) in [6.07, 6.45) is 13.3. The molecule has 1 heterocycles. The Labute approximate surface area is 357 Å². The number of fused-ring (bicyclic) bond motifs is 4. The predicted molar refractivity (Wildman–Crippen MR) is 245 cm³/mol. The lowest BCUT2D eigenvalue weighted by molar-refractivity contribution is 0.0779. The van der Waals surface area contributed by atoms with Crippen LogP contribution < -0.4 is 0 Å². The summed E-state index contributed by atoms with van der Waals surface area (Å²) >= 11 is 0. The third-order valence-corrected chi connectivity index (χ3v) is 15.1. The quantitative estimate of drug-likeness (QED) is 0.162. The van der Waals surface area contributed by atoms with Crippen LogP contribution in [-0.2, 0) is 10.8 Å². The summed E-state index contributed by atoms with van der Waals surface area (Å²) in [5.74, 6) is 6.80. The first-order chi connectivity index (χ1) is 29.1. The zero-order chi connectivity index (χ0) is 41.0. The van der Waals surface area contributed by atoms with Gasteiger partial charge < -0.3 is 0 Å². The molecule has 4 nitrogen and oxygen atoms in total. The first-order valence-electron chi connectivity index (χ1n) is 22.8. The van der Waals surface area contributed by atoms with Crippen LogP contribution in [0.2, 0.25) is 0 Å². The van der Waals surface area contributed by atoms with Crippen molar-refractivity contribution in [3.63, 3.8) is 0 Å². The number of benzene rings is 5. The Morgan fingerprint density at radius 1 is 0.433 bits per heavy atom. The van der Waals surface area contributed by atoms with E-state index in [9.17, 15) is 5.26 Å². The van der Waals surface area contributed by atoms with E-state index < -0.39 is 0 Å². The average molecular weight is 787 g/mol. The summed E-state index contributed by atoms with van der Waals surface area (Å²) in [5.41, 5.74) is 11.5. The van der Waals surface area contributed by atoms with Crippen LogP contribution in [0, 0.1) is 46.8 Å². The number of aromatic nitrogens is 3. The largest absolute Gasteiger partial charge is 0.208 e. The van der Waals surface area contributed by atoms with Gasteiger partial charge in [-0.25, -0.2) is 15.0 Å². The van der Waals surface area contributed by atoms with Gasteiger partial charge in [0, 0.05) is 16.7 Å². The van der Waals surface area contributed by atoms with Crippen molar-refractivity contribution in [2.24, 2.45) is 35.5 Å². The molecule has 4 unspecified atom stereocenters. The molecule has 4 fully saturated rings. The Kier molecular flexibility index (Phi) is 10.1. The minimum atomic E-state index is 0.268. The molecule has 60 heavy (non-hydrogen) atoms. The number of nitriles is 1. The van der Waals surface area contributed by atoms with Crippen molar-refractivity contribution in [1.82, 2.24) is 15.0 Å². The first kappa shape index (κ1) is 38.8. The summed E-state index contributed by atoms with van der Waals surface area (Å²) in [5, 5.41) is 9.57. The molecule has 0 N–H and O–H groups in total. The van der Waals surface area contributed by atoms with Gasteiger partial charge in [-0.3, -0.25) is 0 Å². The molecule has 4 aliphatic rings. The molecule has 8 atom stereocenters. The second kappa shape index (κ2) is 15.6. The molecule has 4 aliphatic carbocycles. The standard InChI is InChI=1S/C56H58N4/c1-36-24-41-25-37(2)30-55(29-36,33-41)48-19-14-45(15-20-48)52-58-53(46-16-21-49(22-17-46)56-31-38(3)26-42(34-56)27-39(4)32-56)60-54(59-52)47-18-23-50(43-8-6-5-7-9-43)51(28-47)44-12-10-40(35-57)11-13-44/h5-23,28,36-39,41-42H,24-27,29-34H2,1-4H3/t36-,37+,38-,39+,41?,42?,55?,56?.